The Bertz CT molecular complexity index is 615. The summed E-state index contributed by atoms with van der Waals surface area (Å²) in [7, 11) is 1.93. The van der Waals surface area contributed by atoms with Crippen LogP contribution in [0.3, 0.4) is 0 Å². The van der Waals surface area contributed by atoms with Crippen LogP contribution in [0, 0.1) is 0 Å². The summed E-state index contributed by atoms with van der Waals surface area (Å²) in [5.41, 5.74) is 2.70. The number of imidazole rings is 1. The topological polar surface area (TPSA) is 44.1 Å². The maximum absolute atomic E-state index is 11.4. The fourth-order valence-corrected chi connectivity index (χ4v) is 1.84. The lowest BCUT2D eigenvalue weighted by molar-refractivity contribution is -0.140. The van der Waals surface area contributed by atoms with E-state index in [1.807, 2.05) is 36.0 Å². The van der Waals surface area contributed by atoms with Gasteiger partial charge in [-0.1, -0.05) is 36.9 Å². The maximum atomic E-state index is 11.4. The van der Waals surface area contributed by atoms with Crippen LogP contribution in [0.25, 0.3) is 0 Å². The van der Waals surface area contributed by atoms with E-state index >= 15 is 0 Å². The molecule has 0 fully saturated rings. The minimum absolute atomic E-state index is 0.164. The number of carbonyl (C=O) groups excluding carboxylic acids is 1. The second kappa shape index (κ2) is 6.19. The van der Waals surface area contributed by atoms with Crippen LogP contribution in [-0.4, -0.2) is 15.5 Å². The standard InChI is InChI=1S/C16H18N2O2/c1-12(2)16(19)20-11-15-17-10-14(18(15)3)9-13-7-5-4-6-8-13/h4-8,10H,1,9,11H2,2-3H3. The first-order valence-electron chi connectivity index (χ1n) is 6.44. The summed E-state index contributed by atoms with van der Waals surface area (Å²) in [6, 6.07) is 10.2. The maximum Gasteiger partial charge on any atom is 0.333 e. The van der Waals surface area contributed by atoms with Gasteiger partial charge in [-0.05, 0) is 12.5 Å². The zero-order valence-corrected chi connectivity index (χ0v) is 11.8. The van der Waals surface area contributed by atoms with Crippen LogP contribution < -0.4 is 0 Å². The molecule has 1 heterocycles. The average molecular weight is 270 g/mol. The first kappa shape index (κ1) is 14.1. The van der Waals surface area contributed by atoms with Crippen molar-refractivity contribution >= 4 is 5.97 Å². The molecule has 1 aromatic carbocycles. The normalized spacial score (nSPS) is 10.3. The van der Waals surface area contributed by atoms with Crippen LogP contribution in [0.4, 0.5) is 0 Å². The quantitative estimate of drug-likeness (QED) is 0.619. The van der Waals surface area contributed by atoms with Crippen molar-refractivity contribution in [2.75, 3.05) is 0 Å². The van der Waals surface area contributed by atoms with Gasteiger partial charge in [-0.3, -0.25) is 0 Å². The fourth-order valence-electron chi connectivity index (χ4n) is 1.84. The molecule has 20 heavy (non-hydrogen) atoms. The fraction of sp³-hybridized carbons (Fsp3) is 0.250. The molecule has 0 aliphatic carbocycles. The van der Waals surface area contributed by atoms with E-state index in [4.69, 9.17) is 4.74 Å². The summed E-state index contributed by atoms with van der Waals surface area (Å²) in [5.74, 6) is 0.336. The highest BCUT2D eigenvalue weighted by atomic mass is 16.5. The summed E-state index contributed by atoms with van der Waals surface area (Å²) in [6.45, 7) is 5.34. The predicted molar refractivity (Wildman–Crippen MR) is 77.1 cm³/mol. The molecule has 0 aliphatic rings. The minimum Gasteiger partial charge on any atom is -0.454 e. The zero-order chi connectivity index (χ0) is 14.5. The van der Waals surface area contributed by atoms with Crippen molar-refractivity contribution in [3.63, 3.8) is 0 Å². The highest BCUT2D eigenvalue weighted by molar-refractivity contribution is 5.86. The zero-order valence-electron chi connectivity index (χ0n) is 11.8. The Labute approximate surface area is 118 Å². The lowest BCUT2D eigenvalue weighted by Crippen LogP contribution is -2.09. The molecule has 0 amide bonds. The largest absolute Gasteiger partial charge is 0.454 e. The van der Waals surface area contributed by atoms with Crippen molar-refractivity contribution in [2.45, 2.75) is 20.0 Å². The van der Waals surface area contributed by atoms with Crippen LogP contribution in [0.1, 0.15) is 24.0 Å². The summed E-state index contributed by atoms with van der Waals surface area (Å²) in [6.07, 6.45) is 2.62. The van der Waals surface area contributed by atoms with E-state index in [0.717, 1.165) is 17.9 Å². The highest BCUT2D eigenvalue weighted by Crippen LogP contribution is 2.11. The Morgan fingerprint density at radius 1 is 1.35 bits per heavy atom. The molecule has 0 atom stereocenters. The van der Waals surface area contributed by atoms with Gasteiger partial charge >= 0.3 is 5.97 Å². The van der Waals surface area contributed by atoms with Crippen molar-refractivity contribution in [3.05, 3.63) is 65.8 Å². The van der Waals surface area contributed by atoms with Gasteiger partial charge in [0.1, 0.15) is 12.4 Å². The number of carbonyl (C=O) groups is 1. The molecule has 0 saturated carbocycles. The SMILES string of the molecule is C=C(C)C(=O)OCc1ncc(Cc2ccccc2)n1C. The minimum atomic E-state index is -0.391. The van der Waals surface area contributed by atoms with Crippen LogP contribution in [0.5, 0.6) is 0 Å². The molecule has 0 radical (unpaired) electrons. The number of nitrogens with zero attached hydrogens (tertiary/aromatic N) is 2. The van der Waals surface area contributed by atoms with Crippen LogP contribution >= 0.6 is 0 Å². The molecule has 2 rings (SSSR count). The van der Waals surface area contributed by atoms with Crippen LogP contribution in [0.2, 0.25) is 0 Å². The van der Waals surface area contributed by atoms with Gasteiger partial charge < -0.3 is 9.30 Å². The number of aromatic nitrogens is 2. The summed E-state index contributed by atoms with van der Waals surface area (Å²) in [4.78, 5) is 15.7. The van der Waals surface area contributed by atoms with E-state index in [-0.39, 0.29) is 6.61 Å². The van der Waals surface area contributed by atoms with Gasteiger partial charge in [0.15, 0.2) is 0 Å². The molecule has 0 bridgehead atoms. The van der Waals surface area contributed by atoms with Gasteiger partial charge in [-0.25, -0.2) is 9.78 Å². The van der Waals surface area contributed by atoms with Crippen molar-refractivity contribution in [1.29, 1.82) is 0 Å². The Hall–Kier alpha value is -2.36. The molecule has 1 aromatic heterocycles. The van der Waals surface area contributed by atoms with Crippen LogP contribution in [-0.2, 0) is 29.6 Å². The Kier molecular flexibility index (Phi) is 4.35. The third kappa shape index (κ3) is 3.35. The van der Waals surface area contributed by atoms with E-state index in [9.17, 15) is 4.79 Å². The first-order valence-corrected chi connectivity index (χ1v) is 6.44. The molecular weight excluding hydrogens is 252 g/mol. The number of benzene rings is 1. The second-order valence-corrected chi connectivity index (χ2v) is 4.74. The Balaban J connectivity index is 2.04. The van der Waals surface area contributed by atoms with Crippen molar-refractivity contribution in [1.82, 2.24) is 9.55 Å². The van der Waals surface area contributed by atoms with E-state index in [1.54, 1.807) is 6.92 Å². The number of rotatable bonds is 5. The Morgan fingerprint density at radius 2 is 2.05 bits per heavy atom. The van der Waals surface area contributed by atoms with Gasteiger partial charge in [0.25, 0.3) is 0 Å². The second-order valence-electron chi connectivity index (χ2n) is 4.74. The molecule has 0 unspecified atom stereocenters. The molecule has 0 saturated heterocycles. The summed E-state index contributed by atoms with van der Waals surface area (Å²) in [5, 5.41) is 0. The third-order valence-electron chi connectivity index (χ3n) is 3.09. The van der Waals surface area contributed by atoms with E-state index in [1.165, 1.54) is 5.56 Å². The van der Waals surface area contributed by atoms with E-state index < -0.39 is 5.97 Å². The van der Waals surface area contributed by atoms with Gasteiger partial charge in [0.2, 0.25) is 0 Å². The number of ether oxygens (including phenoxy) is 1. The molecule has 4 heteroatoms. The van der Waals surface area contributed by atoms with Crippen molar-refractivity contribution in [2.24, 2.45) is 7.05 Å². The average Bonchev–Trinajstić information content (AvgIpc) is 2.78. The lowest BCUT2D eigenvalue weighted by Gasteiger charge is -2.07. The van der Waals surface area contributed by atoms with Gasteiger partial charge in [0, 0.05) is 30.9 Å². The Morgan fingerprint density at radius 3 is 2.70 bits per heavy atom. The van der Waals surface area contributed by atoms with E-state index in [2.05, 4.69) is 23.7 Å². The molecule has 4 nitrogen and oxygen atoms in total. The predicted octanol–water partition coefficient (Wildman–Crippen LogP) is 2.63. The molecule has 0 spiro atoms. The molecule has 2 aromatic rings. The molecule has 0 N–H and O–H groups in total. The van der Waals surface area contributed by atoms with Gasteiger partial charge in [0.05, 0.1) is 0 Å². The number of esters is 1. The lowest BCUT2D eigenvalue weighted by atomic mass is 10.1. The van der Waals surface area contributed by atoms with Gasteiger partial charge in [-0.15, -0.1) is 0 Å². The molecule has 0 aliphatic heterocycles. The smallest absolute Gasteiger partial charge is 0.333 e. The summed E-state index contributed by atoms with van der Waals surface area (Å²) < 4.78 is 7.07. The van der Waals surface area contributed by atoms with Gasteiger partial charge in [-0.2, -0.15) is 0 Å². The number of hydrogen-bond donors (Lipinski definition) is 0. The number of hydrogen-bond acceptors (Lipinski definition) is 3. The van der Waals surface area contributed by atoms with Crippen molar-refractivity contribution in [3.8, 4) is 0 Å². The van der Waals surface area contributed by atoms with Crippen molar-refractivity contribution < 1.29 is 9.53 Å². The monoisotopic (exact) mass is 270 g/mol. The molecule has 104 valence electrons. The summed E-state index contributed by atoms with van der Waals surface area (Å²) >= 11 is 0. The molecular formula is C16H18N2O2. The van der Waals surface area contributed by atoms with Crippen LogP contribution in [0.15, 0.2) is 48.7 Å². The third-order valence-corrected chi connectivity index (χ3v) is 3.09. The van der Waals surface area contributed by atoms with E-state index in [0.29, 0.717) is 5.57 Å². The first-order chi connectivity index (χ1) is 9.58. The highest BCUT2D eigenvalue weighted by Gasteiger charge is 2.10.